The van der Waals surface area contributed by atoms with Crippen molar-refractivity contribution >= 4 is 17.7 Å². The summed E-state index contributed by atoms with van der Waals surface area (Å²) in [5.41, 5.74) is 5.55. The van der Waals surface area contributed by atoms with E-state index in [0.29, 0.717) is 24.2 Å². The number of carbonyl (C=O) groups is 1. The summed E-state index contributed by atoms with van der Waals surface area (Å²) in [7, 11) is 0. The number of aliphatic hydroxyl groups is 1. The summed E-state index contributed by atoms with van der Waals surface area (Å²) in [6.45, 7) is 3.34. The van der Waals surface area contributed by atoms with E-state index in [9.17, 15) is 9.90 Å². The maximum Gasteiger partial charge on any atom is 0.329 e. The Morgan fingerprint density at radius 1 is 1.03 bits per heavy atom. The molecule has 0 amide bonds. The predicted molar refractivity (Wildman–Crippen MR) is 140 cm³/mol. The first kappa shape index (κ1) is 25.5. The zero-order valence-corrected chi connectivity index (χ0v) is 21.0. The largest absolute Gasteiger partial charge is 0.480 e. The molecular formula is C28H34N2O4S. The Labute approximate surface area is 211 Å². The number of rotatable bonds is 11. The number of hydrogen-bond acceptors (Lipinski definition) is 5. The molecule has 186 valence electrons. The molecule has 0 unspecified atom stereocenters. The second-order valence-electron chi connectivity index (χ2n) is 9.31. The molecule has 1 fully saturated rings. The van der Waals surface area contributed by atoms with Gasteiger partial charge in [-0.05, 0) is 50.0 Å². The molecule has 35 heavy (non-hydrogen) atoms. The van der Waals surface area contributed by atoms with Gasteiger partial charge in [0, 0.05) is 23.4 Å². The van der Waals surface area contributed by atoms with E-state index in [1.807, 2.05) is 6.07 Å². The normalized spacial score (nSPS) is 18.0. The lowest BCUT2D eigenvalue weighted by atomic mass is 9.82. The molecule has 3 aromatic rings. The molecular weight excluding hydrogens is 460 g/mol. The monoisotopic (exact) mass is 494 g/mol. The van der Waals surface area contributed by atoms with Crippen LogP contribution in [0.3, 0.4) is 0 Å². The summed E-state index contributed by atoms with van der Waals surface area (Å²) < 4.78 is 7.49. The van der Waals surface area contributed by atoms with Crippen LogP contribution in [0, 0.1) is 18.8 Å². The van der Waals surface area contributed by atoms with Crippen LogP contribution in [0.4, 0.5) is 0 Å². The van der Waals surface area contributed by atoms with Gasteiger partial charge in [-0.15, -0.1) is 11.8 Å². The summed E-state index contributed by atoms with van der Waals surface area (Å²) in [4.78, 5) is 10.7. The van der Waals surface area contributed by atoms with Gasteiger partial charge in [0.25, 0.3) is 0 Å². The van der Waals surface area contributed by atoms with E-state index in [4.69, 9.17) is 14.9 Å². The van der Waals surface area contributed by atoms with Crippen LogP contribution in [-0.4, -0.2) is 51.5 Å². The highest BCUT2D eigenvalue weighted by Crippen LogP contribution is 2.41. The molecule has 1 aromatic heterocycles. The highest BCUT2D eigenvalue weighted by Gasteiger charge is 2.26. The van der Waals surface area contributed by atoms with Crippen LogP contribution < -0.4 is 0 Å². The summed E-state index contributed by atoms with van der Waals surface area (Å²) in [5, 5.41) is 24.6. The average Bonchev–Trinajstić information content (AvgIpc) is 3.22. The predicted octanol–water partition coefficient (Wildman–Crippen LogP) is 5.52. The number of carboxylic acids is 1. The highest BCUT2D eigenvalue weighted by molar-refractivity contribution is 7.99. The second kappa shape index (κ2) is 12.4. The molecule has 0 bridgehead atoms. The van der Waals surface area contributed by atoms with Crippen molar-refractivity contribution in [1.82, 2.24) is 9.78 Å². The lowest BCUT2D eigenvalue weighted by Crippen LogP contribution is -2.23. The fraction of sp³-hybridized carbons (Fsp3) is 0.429. The van der Waals surface area contributed by atoms with E-state index < -0.39 is 5.97 Å². The quantitative estimate of drug-likeness (QED) is 0.342. The van der Waals surface area contributed by atoms with Crippen molar-refractivity contribution in [3.63, 3.8) is 0 Å². The number of aryl methyl sites for hydroxylation is 1. The summed E-state index contributed by atoms with van der Waals surface area (Å²) in [6, 6.07) is 18.9. The number of benzene rings is 2. The third kappa shape index (κ3) is 6.75. The topological polar surface area (TPSA) is 84.6 Å². The van der Waals surface area contributed by atoms with Crippen molar-refractivity contribution < 1.29 is 19.7 Å². The molecule has 0 saturated heterocycles. The number of aromatic nitrogens is 2. The van der Waals surface area contributed by atoms with Crippen LogP contribution in [-0.2, 0) is 16.1 Å². The zero-order chi connectivity index (χ0) is 24.6. The molecule has 0 atom stereocenters. The molecule has 4 rings (SSSR count). The minimum atomic E-state index is -0.913. The third-order valence-corrected chi connectivity index (χ3v) is 7.67. The van der Waals surface area contributed by atoms with Crippen molar-refractivity contribution in [2.45, 2.75) is 44.2 Å². The Kier molecular flexibility index (Phi) is 9.01. The Morgan fingerprint density at radius 2 is 1.71 bits per heavy atom. The van der Waals surface area contributed by atoms with Crippen molar-refractivity contribution in [2.75, 3.05) is 25.6 Å². The van der Waals surface area contributed by atoms with E-state index in [2.05, 4.69) is 60.1 Å². The first-order chi connectivity index (χ1) is 17.0. The van der Waals surface area contributed by atoms with Crippen molar-refractivity contribution in [2.24, 2.45) is 11.8 Å². The Balaban J connectivity index is 1.59. The van der Waals surface area contributed by atoms with Gasteiger partial charge in [0.2, 0.25) is 0 Å². The van der Waals surface area contributed by atoms with Gasteiger partial charge in [-0.2, -0.15) is 5.10 Å². The molecule has 7 heteroatoms. The molecule has 1 heterocycles. The van der Waals surface area contributed by atoms with E-state index in [0.717, 1.165) is 59.6 Å². The molecule has 0 aliphatic heterocycles. The Morgan fingerprint density at radius 3 is 2.37 bits per heavy atom. The lowest BCUT2D eigenvalue weighted by molar-refractivity contribution is -0.142. The molecule has 0 spiro atoms. The molecule has 0 radical (unpaired) electrons. The van der Waals surface area contributed by atoms with E-state index in [1.165, 1.54) is 5.56 Å². The number of aliphatic carboxylic acids is 1. The summed E-state index contributed by atoms with van der Waals surface area (Å²) in [5.74, 6) is 0.638. The number of hydrogen-bond donors (Lipinski definition) is 2. The van der Waals surface area contributed by atoms with Gasteiger partial charge in [-0.1, -0.05) is 60.2 Å². The Bertz CT molecular complexity index is 1090. The summed E-state index contributed by atoms with van der Waals surface area (Å²) in [6.07, 6.45) is 4.24. The SMILES string of the molecule is Cc1ccc(-c2nn(CC3CCC(COCC(=O)O)CC3)c(SCCO)c2-c2ccccc2)cc1. The third-order valence-electron chi connectivity index (χ3n) is 6.60. The molecule has 6 nitrogen and oxygen atoms in total. The average molecular weight is 495 g/mol. The van der Waals surface area contributed by atoms with Crippen LogP contribution in [0.5, 0.6) is 0 Å². The van der Waals surface area contributed by atoms with E-state index >= 15 is 0 Å². The van der Waals surface area contributed by atoms with Crippen LogP contribution in [0.25, 0.3) is 22.4 Å². The standard InChI is InChI=1S/C28H34N2O4S/c1-20-7-13-24(14-8-20)27-26(23-5-3-2-4-6-23)28(35-16-15-31)30(29-27)17-21-9-11-22(12-10-21)18-34-19-25(32)33/h2-8,13-14,21-22,31H,9-12,15-19H2,1H3,(H,32,33). The maximum atomic E-state index is 10.7. The number of nitrogens with zero attached hydrogens (tertiary/aromatic N) is 2. The van der Waals surface area contributed by atoms with Crippen LogP contribution in [0.1, 0.15) is 31.2 Å². The smallest absolute Gasteiger partial charge is 0.329 e. The first-order valence-electron chi connectivity index (χ1n) is 12.3. The van der Waals surface area contributed by atoms with Crippen LogP contribution in [0.15, 0.2) is 59.6 Å². The van der Waals surface area contributed by atoms with Gasteiger partial charge >= 0.3 is 5.97 Å². The van der Waals surface area contributed by atoms with Crippen molar-refractivity contribution in [1.29, 1.82) is 0 Å². The minimum Gasteiger partial charge on any atom is -0.480 e. The van der Waals surface area contributed by atoms with Crippen molar-refractivity contribution in [3.05, 3.63) is 60.2 Å². The zero-order valence-electron chi connectivity index (χ0n) is 20.2. The molecule has 1 aliphatic carbocycles. The van der Waals surface area contributed by atoms with Gasteiger partial charge < -0.3 is 14.9 Å². The number of thioether (sulfide) groups is 1. The number of ether oxygens (including phenoxy) is 1. The fourth-order valence-electron chi connectivity index (χ4n) is 4.78. The van der Waals surface area contributed by atoms with Gasteiger partial charge in [0.15, 0.2) is 0 Å². The van der Waals surface area contributed by atoms with Gasteiger partial charge in [-0.3, -0.25) is 4.68 Å². The maximum absolute atomic E-state index is 10.7. The fourth-order valence-corrected chi connectivity index (χ4v) is 5.68. The number of carboxylic acid groups (broad SMARTS) is 1. The van der Waals surface area contributed by atoms with E-state index in [1.54, 1.807) is 11.8 Å². The van der Waals surface area contributed by atoms with Crippen molar-refractivity contribution in [3.8, 4) is 22.4 Å². The molecule has 1 aliphatic rings. The second-order valence-corrected chi connectivity index (χ2v) is 10.4. The highest BCUT2D eigenvalue weighted by atomic mass is 32.2. The molecule has 2 N–H and O–H groups in total. The van der Waals surface area contributed by atoms with Crippen LogP contribution in [0.2, 0.25) is 0 Å². The van der Waals surface area contributed by atoms with E-state index in [-0.39, 0.29) is 13.2 Å². The first-order valence-corrected chi connectivity index (χ1v) is 13.3. The van der Waals surface area contributed by atoms with Gasteiger partial charge in [-0.25, -0.2) is 4.79 Å². The summed E-state index contributed by atoms with van der Waals surface area (Å²) >= 11 is 1.66. The van der Waals surface area contributed by atoms with Gasteiger partial charge in [0.1, 0.15) is 17.3 Å². The van der Waals surface area contributed by atoms with Gasteiger partial charge in [0.05, 0.1) is 13.2 Å². The molecule has 1 saturated carbocycles. The Hall–Kier alpha value is -2.61. The lowest BCUT2D eigenvalue weighted by Gasteiger charge is -2.28. The molecule has 2 aromatic carbocycles. The minimum absolute atomic E-state index is 0.116. The number of aliphatic hydroxyl groups excluding tert-OH is 1. The van der Waals surface area contributed by atoms with Crippen LogP contribution >= 0.6 is 11.8 Å².